The minimum Gasteiger partial charge on any atom is -0.393 e. The second-order valence-corrected chi connectivity index (χ2v) is 3.44. The summed E-state index contributed by atoms with van der Waals surface area (Å²) in [5, 5.41) is 22.1. The summed E-state index contributed by atoms with van der Waals surface area (Å²) in [6.07, 6.45) is -0.885. The van der Waals surface area contributed by atoms with E-state index < -0.39 is 6.10 Å². The molecule has 1 aromatic carbocycles. The van der Waals surface area contributed by atoms with Crippen LogP contribution in [0.3, 0.4) is 0 Å². The molecule has 0 aliphatic rings. The third-order valence-electron chi connectivity index (χ3n) is 2.27. The van der Waals surface area contributed by atoms with Gasteiger partial charge in [-0.2, -0.15) is 0 Å². The lowest BCUT2D eigenvalue weighted by atomic mass is 10.0. The van der Waals surface area contributed by atoms with E-state index in [2.05, 4.69) is 5.16 Å². The number of aromatic nitrogens is 1. The molecule has 0 aliphatic carbocycles. The second kappa shape index (κ2) is 4.34. The van der Waals surface area contributed by atoms with Crippen molar-refractivity contribution in [3.8, 4) is 11.3 Å². The summed E-state index contributed by atoms with van der Waals surface area (Å²) >= 11 is 0. The Morgan fingerprint density at radius 1 is 1.38 bits per heavy atom. The van der Waals surface area contributed by atoms with Gasteiger partial charge in [0.25, 0.3) is 0 Å². The minimum absolute atomic E-state index is 0.239. The Hall–Kier alpha value is -1.85. The Balaban J connectivity index is 2.36. The third kappa shape index (κ3) is 2.05. The van der Waals surface area contributed by atoms with Crippen LogP contribution >= 0.6 is 0 Å². The molecule has 0 saturated heterocycles. The van der Waals surface area contributed by atoms with Crippen molar-refractivity contribution in [2.24, 2.45) is 0 Å². The minimum atomic E-state index is -0.885. The fraction of sp³-hybridized carbons (Fsp3) is 0.182. The first kappa shape index (κ1) is 10.7. The standard InChI is InChI=1S/C11H12N2O3/c12-11-5-9(13-16-11)7-2-1-3-8(4-7)10(15)6-14/h1-5,10,14-15H,6,12H2. The van der Waals surface area contributed by atoms with Gasteiger partial charge in [-0.1, -0.05) is 23.4 Å². The zero-order valence-corrected chi connectivity index (χ0v) is 8.50. The summed E-state index contributed by atoms with van der Waals surface area (Å²) < 4.78 is 4.76. The number of hydrogen-bond donors (Lipinski definition) is 3. The molecule has 0 aliphatic heterocycles. The predicted molar refractivity (Wildman–Crippen MR) is 58.4 cm³/mol. The van der Waals surface area contributed by atoms with Gasteiger partial charge in [-0.05, 0) is 11.6 Å². The van der Waals surface area contributed by atoms with Gasteiger partial charge in [-0.15, -0.1) is 0 Å². The monoisotopic (exact) mass is 220 g/mol. The first-order valence-electron chi connectivity index (χ1n) is 4.82. The van der Waals surface area contributed by atoms with E-state index in [0.29, 0.717) is 11.3 Å². The van der Waals surface area contributed by atoms with Crippen molar-refractivity contribution in [1.82, 2.24) is 5.16 Å². The number of nitrogens with zero attached hydrogens (tertiary/aromatic N) is 1. The molecule has 1 atom stereocenters. The molecule has 0 spiro atoms. The lowest BCUT2D eigenvalue weighted by Crippen LogP contribution is -2.02. The summed E-state index contributed by atoms with van der Waals surface area (Å²) in [4.78, 5) is 0. The summed E-state index contributed by atoms with van der Waals surface area (Å²) in [6.45, 7) is -0.315. The lowest BCUT2D eigenvalue weighted by molar-refractivity contribution is 0.0956. The molecule has 0 saturated carbocycles. The lowest BCUT2D eigenvalue weighted by Gasteiger charge is -2.07. The largest absolute Gasteiger partial charge is 0.393 e. The zero-order valence-electron chi connectivity index (χ0n) is 8.50. The molecule has 16 heavy (non-hydrogen) atoms. The van der Waals surface area contributed by atoms with Crippen molar-refractivity contribution >= 4 is 5.88 Å². The predicted octanol–water partition coefficient (Wildman–Crippen LogP) is 0.950. The number of rotatable bonds is 3. The van der Waals surface area contributed by atoms with Crippen molar-refractivity contribution in [1.29, 1.82) is 0 Å². The van der Waals surface area contributed by atoms with Crippen LogP contribution in [-0.2, 0) is 0 Å². The van der Waals surface area contributed by atoms with Gasteiger partial charge in [0, 0.05) is 11.6 Å². The van der Waals surface area contributed by atoms with E-state index in [1.165, 1.54) is 0 Å². The maximum atomic E-state index is 9.49. The number of hydrogen-bond acceptors (Lipinski definition) is 5. The topological polar surface area (TPSA) is 92.5 Å². The molecule has 5 heteroatoms. The van der Waals surface area contributed by atoms with Gasteiger partial charge in [0.2, 0.25) is 5.88 Å². The highest BCUT2D eigenvalue weighted by Crippen LogP contribution is 2.23. The van der Waals surface area contributed by atoms with Gasteiger partial charge >= 0.3 is 0 Å². The van der Waals surface area contributed by atoms with Crippen molar-refractivity contribution < 1.29 is 14.7 Å². The van der Waals surface area contributed by atoms with E-state index in [1.807, 2.05) is 6.07 Å². The Morgan fingerprint density at radius 2 is 2.19 bits per heavy atom. The zero-order chi connectivity index (χ0) is 11.5. The van der Waals surface area contributed by atoms with Crippen molar-refractivity contribution in [3.05, 3.63) is 35.9 Å². The van der Waals surface area contributed by atoms with Crippen molar-refractivity contribution in [2.45, 2.75) is 6.10 Å². The van der Waals surface area contributed by atoms with Crippen LogP contribution in [0.4, 0.5) is 5.88 Å². The van der Waals surface area contributed by atoms with Gasteiger partial charge in [0.05, 0.1) is 6.61 Å². The fourth-order valence-electron chi connectivity index (χ4n) is 1.44. The molecule has 0 bridgehead atoms. The van der Waals surface area contributed by atoms with E-state index in [4.69, 9.17) is 15.4 Å². The number of nitrogens with two attached hydrogens (primary N) is 1. The molecule has 2 aromatic rings. The Bertz CT molecular complexity index is 482. The number of aliphatic hydroxyl groups is 2. The van der Waals surface area contributed by atoms with E-state index in [1.54, 1.807) is 24.3 Å². The summed E-state index contributed by atoms with van der Waals surface area (Å²) in [5.74, 6) is 0.239. The first-order valence-corrected chi connectivity index (χ1v) is 4.82. The molecular formula is C11H12N2O3. The molecule has 84 valence electrons. The molecule has 1 aromatic heterocycles. The van der Waals surface area contributed by atoms with Crippen LogP contribution in [0, 0.1) is 0 Å². The van der Waals surface area contributed by atoms with Gasteiger partial charge in [-0.25, -0.2) is 0 Å². The van der Waals surface area contributed by atoms with E-state index >= 15 is 0 Å². The van der Waals surface area contributed by atoms with Crippen LogP contribution in [-0.4, -0.2) is 22.0 Å². The average Bonchev–Trinajstić information content (AvgIpc) is 2.75. The molecule has 1 heterocycles. The van der Waals surface area contributed by atoms with Crippen LogP contribution in [0.25, 0.3) is 11.3 Å². The van der Waals surface area contributed by atoms with Crippen LogP contribution in [0.15, 0.2) is 34.9 Å². The number of anilines is 1. The molecule has 0 fully saturated rings. The maximum absolute atomic E-state index is 9.49. The summed E-state index contributed by atoms with van der Waals surface area (Å²) in [5.41, 5.74) is 7.43. The van der Waals surface area contributed by atoms with E-state index in [-0.39, 0.29) is 12.5 Å². The SMILES string of the molecule is Nc1cc(-c2cccc(C(O)CO)c2)no1. The number of aliphatic hydroxyl groups excluding tert-OH is 2. The fourth-order valence-corrected chi connectivity index (χ4v) is 1.44. The first-order chi connectivity index (χ1) is 7.70. The highest BCUT2D eigenvalue weighted by atomic mass is 16.5. The van der Waals surface area contributed by atoms with Crippen molar-refractivity contribution in [2.75, 3.05) is 12.3 Å². The molecule has 0 radical (unpaired) electrons. The van der Waals surface area contributed by atoms with Gasteiger partial charge in [0.15, 0.2) is 0 Å². The molecule has 1 unspecified atom stereocenters. The van der Waals surface area contributed by atoms with E-state index in [0.717, 1.165) is 5.56 Å². The quantitative estimate of drug-likeness (QED) is 0.716. The third-order valence-corrected chi connectivity index (χ3v) is 2.27. The van der Waals surface area contributed by atoms with Gasteiger partial charge < -0.3 is 20.5 Å². The highest BCUT2D eigenvalue weighted by molar-refractivity contribution is 5.62. The molecule has 0 amide bonds. The van der Waals surface area contributed by atoms with Gasteiger partial charge in [-0.3, -0.25) is 0 Å². The normalized spacial score (nSPS) is 12.6. The Labute approximate surface area is 92.1 Å². The smallest absolute Gasteiger partial charge is 0.222 e. The Kier molecular flexibility index (Phi) is 2.89. The Morgan fingerprint density at radius 3 is 2.81 bits per heavy atom. The molecular weight excluding hydrogens is 208 g/mol. The van der Waals surface area contributed by atoms with Crippen LogP contribution in [0.2, 0.25) is 0 Å². The molecule has 2 rings (SSSR count). The highest BCUT2D eigenvalue weighted by Gasteiger charge is 2.09. The van der Waals surface area contributed by atoms with Crippen LogP contribution in [0.5, 0.6) is 0 Å². The summed E-state index contributed by atoms with van der Waals surface area (Å²) in [6, 6.07) is 8.66. The summed E-state index contributed by atoms with van der Waals surface area (Å²) in [7, 11) is 0. The van der Waals surface area contributed by atoms with Crippen molar-refractivity contribution in [3.63, 3.8) is 0 Å². The number of benzene rings is 1. The number of nitrogen functional groups attached to an aromatic ring is 1. The molecule has 4 N–H and O–H groups in total. The van der Waals surface area contributed by atoms with Crippen LogP contribution in [0.1, 0.15) is 11.7 Å². The van der Waals surface area contributed by atoms with Crippen LogP contribution < -0.4 is 5.73 Å². The average molecular weight is 220 g/mol. The van der Waals surface area contributed by atoms with E-state index in [9.17, 15) is 5.11 Å². The van der Waals surface area contributed by atoms with Gasteiger partial charge in [0.1, 0.15) is 11.8 Å². The molecule has 5 nitrogen and oxygen atoms in total. The second-order valence-electron chi connectivity index (χ2n) is 3.44. The maximum Gasteiger partial charge on any atom is 0.222 e.